The Labute approximate surface area is 115 Å². The number of rotatable bonds is 1. The fourth-order valence-electron chi connectivity index (χ4n) is 5.66. The molecule has 2 N–H and O–H groups in total. The molecule has 3 nitrogen and oxygen atoms in total. The van der Waals surface area contributed by atoms with Crippen LogP contribution in [0.15, 0.2) is 0 Å². The number of carbonyl (C=O) groups is 1. The van der Waals surface area contributed by atoms with Crippen LogP contribution in [0, 0.1) is 29.6 Å². The van der Waals surface area contributed by atoms with Crippen LogP contribution >= 0.6 is 0 Å². The molecular weight excluding hydrogens is 236 g/mol. The van der Waals surface area contributed by atoms with Crippen molar-refractivity contribution in [1.29, 1.82) is 0 Å². The maximum Gasteiger partial charge on any atom is 0.226 e. The average Bonchev–Trinajstić information content (AvgIpc) is 2.38. The molecule has 5 aliphatic rings. The van der Waals surface area contributed by atoms with Gasteiger partial charge in [-0.05, 0) is 68.6 Å². The van der Waals surface area contributed by atoms with Gasteiger partial charge >= 0.3 is 0 Å². The topological polar surface area (TPSA) is 46.3 Å². The Hall–Kier alpha value is -0.570. The van der Waals surface area contributed by atoms with Gasteiger partial charge in [0.25, 0.3) is 0 Å². The highest BCUT2D eigenvalue weighted by molar-refractivity contribution is 5.80. The van der Waals surface area contributed by atoms with Crippen LogP contribution in [-0.2, 0) is 4.79 Å². The van der Waals surface area contributed by atoms with Gasteiger partial charge in [0.2, 0.25) is 5.91 Å². The first kappa shape index (κ1) is 12.2. The van der Waals surface area contributed by atoms with Crippen LogP contribution in [0.4, 0.5) is 0 Å². The first-order valence-corrected chi connectivity index (χ1v) is 8.25. The van der Waals surface area contributed by atoms with Crippen LogP contribution in [0.1, 0.15) is 44.9 Å². The van der Waals surface area contributed by atoms with Crippen LogP contribution in [0.3, 0.4) is 0 Å². The normalized spacial score (nSPS) is 45.7. The van der Waals surface area contributed by atoms with Gasteiger partial charge in [-0.15, -0.1) is 0 Å². The molecule has 1 aliphatic heterocycles. The summed E-state index contributed by atoms with van der Waals surface area (Å²) in [6, 6.07) is 0.322. The Kier molecular flexibility index (Phi) is 2.87. The third-order valence-corrected chi connectivity index (χ3v) is 6.36. The third kappa shape index (κ3) is 2.01. The van der Waals surface area contributed by atoms with E-state index in [9.17, 15) is 4.79 Å². The minimum atomic E-state index is 0.322. The van der Waals surface area contributed by atoms with Gasteiger partial charge in [-0.3, -0.25) is 4.79 Å². The van der Waals surface area contributed by atoms with E-state index in [4.69, 9.17) is 5.73 Å². The lowest BCUT2D eigenvalue weighted by Crippen LogP contribution is -2.53. The van der Waals surface area contributed by atoms with Crippen molar-refractivity contribution in [2.45, 2.75) is 51.0 Å². The monoisotopic (exact) mass is 262 g/mol. The summed E-state index contributed by atoms with van der Waals surface area (Å²) >= 11 is 0. The van der Waals surface area contributed by atoms with Gasteiger partial charge in [0.05, 0.1) is 0 Å². The van der Waals surface area contributed by atoms with Crippen LogP contribution in [0.2, 0.25) is 0 Å². The smallest absolute Gasteiger partial charge is 0.226 e. The number of nitrogens with two attached hydrogens (primary N) is 1. The van der Waals surface area contributed by atoms with Crippen LogP contribution in [0.5, 0.6) is 0 Å². The van der Waals surface area contributed by atoms with E-state index in [1.54, 1.807) is 0 Å². The van der Waals surface area contributed by atoms with Crippen molar-refractivity contribution in [2.24, 2.45) is 35.3 Å². The Morgan fingerprint density at radius 3 is 1.95 bits per heavy atom. The zero-order chi connectivity index (χ0) is 13.0. The van der Waals surface area contributed by atoms with Crippen molar-refractivity contribution < 1.29 is 4.79 Å². The molecule has 4 bridgehead atoms. The molecule has 1 amide bonds. The van der Waals surface area contributed by atoms with Gasteiger partial charge in [-0.2, -0.15) is 0 Å². The zero-order valence-electron chi connectivity index (χ0n) is 11.8. The molecule has 0 aromatic heterocycles. The molecule has 19 heavy (non-hydrogen) atoms. The van der Waals surface area contributed by atoms with Crippen molar-refractivity contribution >= 4 is 5.91 Å². The largest absolute Gasteiger partial charge is 0.342 e. The number of piperidine rings is 1. The van der Waals surface area contributed by atoms with Crippen molar-refractivity contribution in [3.63, 3.8) is 0 Å². The second-order valence-corrected chi connectivity index (χ2v) is 7.62. The maximum atomic E-state index is 12.9. The maximum absolute atomic E-state index is 12.9. The Bertz CT molecular complexity index is 345. The summed E-state index contributed by atoms with van der Waals surface area (Å²) in [6.07, 6.45) is 8.84. The standard InChI is InChI=1S/C16H26N2O/c17-14-1-3-18(4-2-14)16(19)15-12-6-10-5-11(8-12)9-13(15)7-10/h10-15H,1-9,17H2. The number of nitrogens with zero attached hydrogens (tertiary/aromatic N) is 1. The van der Waals surface area contributed by atoms with Gasteiger partial charge in [0.1, 0.15) is 0 Å². The first-order chi connectivity index (χ1) is 9.20. The Morgan fingerprint density at radius 1 is 0.895 bits per heavy atom. The highest BCUT2D eigenvalue weighted by atomic mass is 16.2. The van der Waals surface area contributed by atoms with Crippen molar-refractivity contribution in [1.82, 2.24) is 4.90 Å². The molecule has 0 aromatic rings. The highest BCUT2D eigenvalue weighted by Crippen LogP contribution is 2.56. The second-order valence-electron chi connectivity index (χ2n) is 7.62. The Morgan fingerprint density at radius 2 is 1.42 bits per heavy atom. The van der Waals surface area contributed by atoms with E-state index >= 15 is 0 Å². The summed E-state index contributed by atoms with van der Waals surface area (Å²) < 4.78 is 0. The first-order valence-electron chi connectivity index (χ1n) is 8.25. The van der Waals surface area contributed by atoms with Crippen LogP contribution in [0.25, 0.3) is 0 Å². The molecule has 0 unspecified atom stereocenters. The molecule has 0 radical (unpaired) electrons. The number of amides is 1. The van der Waals surface area contributed by atoms with E-state index in [0.29, 0.717) is 17.9 Å². The molecule has 0 spiro atoms. The fourth-order valence-corrected chi connectivity index (χ4v) is 5.66. The van der Waals surface area contributed by atoms with Crippen LogP contribution in [-0.4, -0.2) is 29.9 Å². The number of carbonyl (C=O) groups excluding carboxylic acids is 1. The molecule has 5 rings (SSSR count). The number of hydrogen-bond acceptors (Lipinski definition) is 2. The lowest BCUT2D eigenvalue weighted by atomic mass is 9.51. The molecule has 106 valence electrons. The third-order valence-electron chi connectivity index (χ3n) is 6.36. The van der Waals surface area contributed by atoms with E-state index < -0.39 is 0 Å². The molecule has 1 heterocycles. The molecular formula is C16H26N2O. The quantitative estimate of drug-likeness (QED) is 0.785. The number of likely N-dealkylation sites (tertiary alicyclic amines) is 1. The summed E-state index contributed by atoms with van der Waals surface area (Å²) in [4.78, 5) is 15.0. The second kappa shape index (κ2) is 4.47. The summed E-state index contributed by atoms with van der Waals surface area (Å²) in [7, 11) is 0. The molecule has 0 aromatic carbocycles. The molecule has 4 aliphatic carbocycles. The minimum Gasteiger partial charge on any atom is -0.342 e. The van der Waals surface area contributed by atoms with Gasteiger partial charge in [-0.1, -0.05) is 0 Å². The predicted octanol–water partition coefficient (Wildman–Crippen LogP) is 2.01. The molecule has 3 heteroatoms. The Balaban J connectivity index is 1.48. The van der Waals surface area contributed by atoms with E-state index in [0.717, 1.165) is 49.6 Å². The summed E-state index contributed by atoms with van der Waals surface area (Å²) in [5.74, 6) is 4.23. The van der Waals surface area contributed by atoms with Gasteiger partial charge in [-0.25, -0.2) is 0 Å². The fraction of sp³-hybridized carbons (Fsp3) is 0.938. The lowest BCUT2D eigenvalue weighted by Gasteiger charge is -2.54. The summed E-state index contributed by atoms with van der Waals surface area (Å²) in [5, 5.41) is 0. The van der Waals surface area contributed by atoms with Crippen molar-refractivity contribution in [2.75, 3.05) is 13.1 Å². The van der Waals surface area contributed by atoms with Gasteiger partial charge in [0, 0.05) is 25.0 Å². The molecule has 5 fully saturated rings. The molecule has 4 saturated carbocycles. The summed E-state index contributed by atoms with van der Waals surface area (Å²) in [6.45, 7) is 1.81. The molecule has 0 atom stereocenters. The van der Waals surface area contributed by atoms with Crippen molar-refractivity contribution in [3.8, 4) is 0 Å². The van der Waals surface area contributed by atoms with Crippen molar-refractivity contribution in [3.05, 3.63) is 0 Å². The van der Waals surface area contributed by atoms with Gasteiger partial charge in [0.15, 0.2) is 0 Å². The summed E-state index contributed by atoms with van der Waals surface area (Å²) in [5.41, 5.74) is 5.95. The SMILES string of the molecule is NC1CCN(C(=O)C2C3CC4CC(C3)CC2C4)CC1. The molecule has 1 saturated heterocycles. The average molecular weight is 262 g/mol. The van der Waals surface area contributed by atoms with Crippen LogP contribution < -0.4 is 5.73 Å². The lowest BCUT2D eigenvalue weighted by molar-refractivity contribution is -0.150. The number of hydrogen-bond donors (Lipinski definition) is 1. The van der Waals surface area contributed by atoms with E-state index in [2.05, 4.69) is 4.90 Å². The predicted molar refractivity (Wildman–Crippen MR) is 74.3 cm³/mol. The minimum absolute atomic E-state index is 0.322. The van der Waals surface area contributed by atoms with E-state index in [1.807, 2.05) is 0 Å². The highest BCUT2D eigenvalue weighted by Gasteiger charge is 2.51. The van der Waals surface area contributed by atoms with E-state index in [1.165, 1.54) is 32.1 Å². The van der Waals surface area contributed by atoms with Gasteiger partial charge < -0.3 is 10.6 Å². The zero-order valence-corrected chi connectivity index (χ0v) is 11.8. The van der Waals surface area contributed by atoms with E-state index in [-0.39, 0.29) is 0 Å².